The van der Waals surface area contributed by atoms with Crippen LogP contribution >= 0.6 is 24.0 Å². The molecule has 0 heterocycles. The predicted molar refractivity (Wildman–Crippen MR) is 103 cm³/mol. The van der Waals surface area contributed by atoms with Gasteiger partial charge < -0.3 is 20.5 Å². The molecular formula is C16H26F2IN3O2. The topological polar surface area (TPSA) is 68.9 Å². The average molecular weight is 457 g/mol. The molecular weight excluding hydrogens is 431 g/mol. The summed E-state index contributed by atoms with van der Waals surface area (Å²) in [6.07, 6.45) is 1.58. The number of hydrogen-bond donors (Lipinski definition) is 2. The van der Waals surface area contributed by atoms with Crippen LogP contribution in [-0.2, 0) is 6.42 Å². The van der Waals surface area contributed by atoms with Crippen molar-refractivity contribution >= 4 is 29.9 Å². The van der Waals surface area contributed by atoms with Crippen molar-refractivity contribution in [1.29, 1.82) is 0 Å². The Bertz CT molecular complexity index is 514. The molecule has 1 rings (SSSR count). The molecule has 0 saturated heterocycles. The molecule has 0 unspecified atom stereocenters. The summed E-state index contributed by atoms with van der Waals surface area (Å²) in [6.45, 7) is 2.60. The summed E-state index contributed by atoms with van der Waals surface area (Å²) in [7, 11) is 1.41. The SMILES string of the molecule is COc1ccc(CCNC(N)=NCCC(C)C)cc1OC(F)F.I. The zero-order valence-corrected chi connectivity index (χ0v) is 16.6. The molecule has 24 heavy (non-hydrogen) atoms. The predicted octanol–water partition coefficient (Wildman–Crippen LogP) is 3.41. The van der Waals surface area contributed by atoms with Crippen LogP contribution in [0.4, 0.5) is 8.78 Å². The van der Waals surface area contributed by atoms with Gasteiger partial charge in [0.15, 0.2) is 17.5 Å². The van der Waals surface area contributed by atoms with Crippen LogP contribution in [0, 0.1) is 5.92 Å². The van der Waals surface area contributed by atoms with E-state index in [9.17, 15) is 8.78 Å². The Kier molecular flexibility index (Phi) is 11.4. The van der Waals surface area contributed by atoms with Gasteiger partial charge in [-0.1, -0.05) is 19.9 Å². The van der Waals surface area contributed by atoms with Crippen molar-refractivity contribution in [2.24, 2.45) is 16.6 Å². The molecule has 8 heteroatoms. The van der Waals surface area contributed by atoms with Crippen molar-refractivity contribution in [3.8, 4) is 11.5 Å². The summed E-state index contributed by atoms with van der Waals surface area (Å²) in [5.74, 6) is 1.28. The molecule has 0 aliphatic heterocycles. The van der Waals surface area contributed by atoms with Crippen molar-refractivity contribution in [2.75, 3.05) is 20.2 Å². The van der Waals surface area contributed by atoms with Gasteiger partial charge in [0.05, 0.1) is 7.11 Å². The largest absolute Gasteiger partial charge is 0.493 e. The number of rotatable bonds is 9. The van der Waals surface area contributed by atoms with Crippen LogP contribution < -0.4 is 20.5 Å². The van der Waals surface area contributed by atoms with Gasteiger partial charge in [-0.15, -0.1) is 24.0 Å². The van der Waals surface area contributed by atoms with E-state index in [4.69, 9.17) is 10.5 Å². The van der Waals surface area contributed by atoms with E-state index in [0.29, 0.717) is 31.4 Å². The lowest BCUT2D eigenvalue weighted by Crippen LogP contribution is -2.33. The molecule has 0 atom stereocenters. The van der Waals surface area contributed by atoms with Gasteiger partial charge in [-0.3, -0.25) is 4.99 Å². The molecule has 0 aliphatic carbocycles. The Balaban J connectivity index is 0.00000529. The zero-order chi connectivity index (χ0) is 17.2. The standard InChI is InChI=1S/C16H25F2N3O2.HI/c1-11(2)6-8-20-16(19)21-9-7-12-4-5-13(22-3)14(10-12)23-15(17)18;/h4-5,10-11,15H,6-9H2,1-3H3,(H3,19,20,21);1H. The van der Waals surface area contributed by atoms with Gasteiger partial charge in [0, 0.05) is 13.1 Å². The van der Waals surface area contributed by atoms with Crippen molar-refractivity contribution in [3.63, 3.8) is 0 Å². The van der Waals surface area contributed by atoms with Crippen molar-refractivity contribution < 1.29 is 18.3 Å². The van der Waals surface area contributed by atoms with E-state index in [0.717, 1.165) is 12.0 Å². The van der Waals surface area contributed by atoms with Gasteiger partial charge in [0.25, 0.3) is 0 Å². The number of aliphatic imine (C=N–C) groups is 1. The van der Waals surface area contributed by atoms with Gasteiger partial charge in [0.2, 0.25) is 0 Å². The summed E-state index contributed by atoms with van der Waals surface area (Å²) >= 11 is 0. The molecule has 0 fully saturated rings. The summed E-state index contributed by atoms with van der Waals surface area (Å²) in [6, 6.07) is 4.94. The maximum atomic E-state index is 12.4. The first-order valence-corrected chi connectivity index (χ1v) is 7.58. The van der Waals surface area contributed by atoms with E-state index in [1.807, 2.05) is 0 Å². The number of halogens is 3. The summed E-state index contributed by atoms with van der Waals surface area (Å²) in [5, 5.41) is 3.00. The highest BCUT2D eigenvalue weighted by Gasteiger charge is 2.11. The van der Waals surface area contributed by atoms with Crippen molar-refractivity contribution in [3.05, 3.63) is 23.8 Å². The average Bonchev–Trinajstić information content (AvgIpc) is 2.46. The summed E-state index contributed by atoms with van der Waals surface area (Å²) in [5.41, 5.74) is 6.60. The lowest BCUT2D eigenvalue weighted by molar-refractivity contribution is -0.0512. The lowest BCUT2D eigenvalue weighted by atomic mass is 10.1. The molecule has 0 amide bonds. The second kappa shape index (κ2) is 12.1. The highest BCUT2D eigenvalue weighted by Crippen LogP contribution is 2.29. The van der Waals surface area contributed by atoms with E-state index in [1.165, 1.54) is 7.11 Å². The van der Waals surface area contributed by atoms with Crippen LogP contribution in [0.1, 0.15) is 25.8 Å². The van der Waals surface area contributed by atoms with Gasteiger partial charge in [0.1, 0.15) is 0 Å². The molecule has 0 spiro atoms. The number of benzene rings is 1. The Labute approximate surface area is 159 Å². The van der Waals surface area contributed by atoms with Crippen LogP contribution in [0.2, 0.25) is 0 Å². The second-order valence-electron chi connectivity index (χ2n) is 5.49. The summed E-state index contributed by atoms with van der Waals surface area (Å²) < 4.78 is 34.2. The first kappa shape index (κ1) is 22.7. The number of ether oxygens (including phenoxy) is 2. The van der Waals surface area contributed by atoms with Gasteiger partial charge in [-0.25, -0.2) is 0 Å². The highest BCUT2D eigenvalue weighted by molar-refractivity contribution is 14.0. The minimum atomic E-state index is -2.89. The second-order valence-corrected chi connectivity index (χ2v) is 5.49. The summed E-state index contributed by atoms with van der Waals surface area (Å²) in [4.78, 5) is 4.22. The van der Waals surface area contributed by atoms with Crippen LogP contribution in [0.5, 0.6) is 11.5 Å². The van der Waals surface area contributed by atoms with Crippen LogP contribution in [0.3, 0.4) is 0 Å². The lowest BCUT2D eigenvalue weighted by Gasteiger charge is -2.12. The Morgan fingerprint density at radius 1 is 1.29 bits per heavy atom. The van der Waals surface area contributed by atoms with E-state index < -0.39 is 6.61 Å². The van der Waals surface area contributed by atoms with Crippen LogP contribution in [-0.4, -0.2) is 32.8 Å². The highest BCUT2D eigenvalue weighted by atomic mass is 127. The van der Waals surface area contributed by atoms with Crippen LogP contribution in [0.15, 0.2) is 23.2 Å². The fourth-order valence-electron chi connectivity index (χ4n) is 1.90. The molecule has 138 valence electrons. The molecule has 0 aromatic heterocycles. The zero-order valence-electron chi connectivity index (χ0n) is 14.2. The van der Waals surface area contributed by atoms with E-state index in [1.54, 1.807) is 18.2 Å². The van der Waals surface area contributed by atoms with Gasteiger partial charge in [-0.05, 0) is 36.5 Å². The third-order valence-electron chi connectivity index (χ3n) is 3.15. The first-order chi connectivity index (χ1) is 10.9. The molecule has 1 aromatic carbocycles. The number of alkyl halides is 2. The number of guanidine groups is 1. The quantitative estimate of drug-likeness (QED) is 0.339. The molecule has 3 N–H and O–H groups in total. The molecule has 0 radical (unpaired) electrons. The fraction of sp³-hybridized carbons (Fsp3) is 0.562. The number of nitrogens with one attached hydrogen (secondary N) is 1. The smallest absolute Gasteiger partial charge is 0.387 e. The fourth-order valence-corrected chi connectivity index (χ4v) is 1.90. The maximum Gasteiger partial charge on any atom is 0.387 e. The minimum absolute atomic E-state index is 0. The molecule has 0 bridgehead atoms. The first-order valence-electron chi connectivity index (χ1n) is 7.58. The van der Waals surface area contributed by atoms with Gasteiger partial charge >= 0.3 is 6.61 Å². The molecule has 0 saturated carbocycles. The van der Waals surface area contributed by atoms with E-state index in [-0.39, 0.29) is 35.5 Å². The van der Waals surface area contributed by atoms with Crippen molar-refractivity contribution in [1.82, 2.24) is 5.32 Å². The molecule has 5 nitrogen and oxygen atoms in total. The number of hydrogen-bond acceptors (Lipinski definition) is 3. The maximum absolute atomic E-state index is 12.4. The normalized spacial score (nSPS) is 11.4. The monoisotopic (exact) mass is 457 g/mol. The van der Waals surface area contributed by atoms with Crippen LogP contribution in [0.25, 0.3) is 0 Å². The van der Waals surface area contributed by atoms with Gasteiger partial charge in [-0.2, -0.15) is 8.78 Å². The van der Waals surface area contributed by atoms with E-state index >= 15 is 0 Å². The third-order valence-corrected chi connectivity index (χ3v) is 3.15. The third kappa shape index (κ3) is 9.09. The van der Waals surface area contributed by atoms with Crippen molar-refractivity contribution in [2.45, 2.75) is 33.3 Å². The Hall–Kier alpha value is -1.32. The number of nitrogens with zero attached hydrogens (tertiary/aromatic N) is 1. The molecule has 1 aromatic rings. The van der Waals surface area contributed by atoms with E-state index in [2.05, 4.69) is 28.9 Å². The molecule has 0 aliphatic rings. The number of methoxy groups -OCH3 is 1. The Morgan fingerprint density at radius 3 is 2.58 bits per heavy atom. The number of nitrogens with two attached hydrogens (primary N) is 1. The Morgan fingerprint density at radius 2 is 2.00 bits per heavy atom. The minimum Gasteiger partial charge on any atom is -0.493 e.